The van der Waals surface area contributed by atoms with Gasteiger partial charge in [0, 0.05) is 36.4 Å². The first-order chi connectivity index (χ1) is 24.2. The molecule has 2 rings (SSSR count). The van der Waals surface area contributed by atoms with Crippen molar-refractivity contribution in [1.82, 2.24) is 10.6 Å². The van der Waals surface area contributed by atoms with Crippen LogP contribution in [-0.4, -0.2) is 87.8 Å². The van der Waals surface area contributed by atoms with Crippen LogP contribution in [0.25, 0.3) is 0 Å². The Balaban J connectivity index is 1.71. The largest absolute Gasteiger partial charge is 0.462 e. The van der Waals surface area contributed by atoms with Crippen molar-refractivity contribution in [3.63, 3.8) is 0 Å². The Hall–Kier alpha value is -4.62. The van der Waals surface area contributed by atoms with Gasteiger partial charge in [-0.15, -0.1) is 0 Å². The summed E-state index contributed by atoms with van der Waals surface area (Å²) in [6.07, 6.45) is 11.2. The highest BCUT2D eigenvalue weighted by molar-refractivity contribution is 5.82. The highest BCUT2D eigenvalue weighted by atomic mass is 16.6. The van der Waals surface area contributed by atoms with Gasteiger partial charge in [0.1, 0.15) is 39.6 Å². The van der Waals surface area contributed by atoms with Crippen LogP contribution < -0.4 is 10.6 Å². The van der Waals surface area contributed by atoms with Crippen LogP contribution in [0.2, 0.25) is 0 Å². The average molecular weight is 719 g/mol. The minimum atomic E-state index is -0.963. The number of carbonyl (C=O) groups excluding carboxylic acids is 6. The molecule has 14 nitrogen and oxygen atoms in total. The molecule has 0 aromatic heterocycles. The number of amides is 2. The molecule has 51 heavy (non-hydrogen) atoms. The van der Waals surface area contributed by atoms with Gasteiger partial charge in [-0.25, -0.2) is 28.8 Å². The molecule has 0 aliphatic heterocycles. The summed E-state index contributed by atoms with van der Waals surface area (Å²) < 4.78 is 31.3. The first kappa shape index (κ1) is 42.5. The molecular weight excluding hydrogens is 664 g/mol. The monoisotopic (exact) mass is 718 g/mol. The van der Waals surface area contributed by atoms with Gasteiger partial charge in [-0.2, -0.15) is 0 Å². The zero-order valence-electron chi connectivity index (χ0n) is 30.0. The van der Waals surface area contributed by atoms with E-state index in [9.17, 15) is 28.8 Å². The first-order valence-corrected chi connectivity index (χ1v) is 17.3. The second kappa shape index (κ2) is 21.6. The summed E-state index contributed by atoms with van der Waals surface area (Å²) in [5.41, 5.74) is -1.93. The van der Waals surface area contributed by atoms with Crippen molar-refractivity contribution in [2.45, 2.75) is 83.7 Å². The Kier molecular flexibility index (Phi) is 18.0. The Morgan fingerprint density at radius 2 is 0.745 bits per heavy atom. The maximum Gasteiger partial charge on any atom is 0.407 e. The van der Waals surface area contributed by atoms with Gasteiger partial charge in [-0.05, 0) is 83.5 Å². The molecule has 14 heteroatoms. The van der Waals surface area contributed by atoms with Crippen LogP contribution in [-0.2, 0) is 47.6 Å². The lowest BCUT2D eigenvalue weighted by Gasteiger charge is -2.34. The highest BCUT2D eigenvalue weighted by Gasteiger charge is 2.33. The Morgan fingerprint density at radius 1 is 0.490 bits per heavy atom. The van der Waals surface area contributed by atoms with E-state index in [1.54, 1.807) is 13.8 Å². The molecule has 0 bridgehead atoms. The van der Waals surface area contributed by atoms with E-state index < -0.39 is 46.9 Å². The van der Waals surface area contributed by atoms with E-state index in [-0.39, 0.29) is 51.7 Å². The van der Waals surface area contributed by atoms with Gasteiger partial charge in [0.25, 0.3) is 0 Å². The Morgan fingerprint density at radius 3 is 1.00 bits per heavy atom. The van der Waals surface area contributed by atoms with Crippen molar-refractivity contribution in [2.75, 3.05) is 39.6 Å². The summed E-state index contributed by atoms with van der Waals surface area (Å²) in [5.74, 6) is -1.48. The number of alkyl carbamates (subject to hydrolysis) is 2. The number of esters is 4. The van der Waals surface area contributed by atoms with Crippen LogP contribution in [0.4, 0.5) is 9.59 Å². The first-order valence-electron chi connectivity index (χ1n) is 17.3. The molecule has 0 saturated heterocycles. The third-order valence-corrected chi connectivity index (χ3v) is 9.03. The van der Waals surface area contributed by atoms with E-state index in [1.165, 1.54) is 0 Å². The average Bonchev–Trinajstić information content (AvgIpc) is 3.14. The molecular formula is C37H54N2O12. The van der Waals surface area contributed by atoms with Gasteiger partial charge < -0.3 is 39.1 Å². The molecule has 2 amide bonds. The minimum Gasteiger partial charge on any atom is -0.462 e. The number of ether oxygens (including phenoxy) is 6. The fourth-order valence-corrected chi connectivity index (χ4v) is 5.92. The normalized spacial score (nSPS) is 20.3. The predicted molar refractivity (Wildman–Crippen MR) is 186 cm³/mol. The molecule has 0 atom stereocenters. The Bertz CT molecular complexity index is 1110. The van der Waals surface area contributed by atoms with E-state index in [0.29, 0.717) is 11.8 Å². The molecule has 2 aliphatic carbocycles. The third kappa shape index (κ3) is 16.8. The van der Waals surface area contributed by atoms with Crippen molar-refractivity contribution < 1.29 is 57.2 Å². The summed E-state index contributed by atoms with van der Waals surface area (Å²) in [4.78, 5) is 71.4. The lowest BCUT2D eigenvalue weighted by atomic mass is 9.76. The minimum absolute atomic E-state index is 0.0203. The smallest absolute Gasteiger partial charge is 0.407 e. The predicted octanol–water partition coefficient (Wildman–Crippen LogP) is 4.88. The van der Waals surface area contributed by atoms with Crippen LogP contribution >= 0.6 is 0 Å². The molecule has 0 radical (unpaired) electrons. The van der Waals surface area contributed by atoms with E-state index in [1.807, 2.05) is 0 Å². The van der Waals surface area contributed by atoms with Crippen molar-refractivity contribution in [1.29, 1.82) is 0 Å². The zero-order chi connectivity index (χ0) is 37.9. The van der Waals surface area contributed by atoms with Gasteiger partial charge >= 0.3 is 36.1 Å². The fraction of sp³-hybridized carbons (Fsp3) is 0.622. The molecule has 284 valence electrons. The maximum absolute atomic E-state index is 12.6. The number of hydrogen-bond acceptors (Lipinski definition) is 12. The van der Waals surface area contributed by atoms with Crippen LogP contribution in [0.3, 0.4) is 0 Å². The summed E-state index contributed by atoms with van der Waals surface area (Å²) in [7, 11) is 0. The third-order valence-electron chi connectivity index (χ3n) is 9.03. The molecule has 0 aromatic carbocycles. The van der Waals surface area contributed by atoms with Crippen molar-refractivity contribution >= 4 is 36.1 Å². The van der Waals surface area contributed by atoms with Crippen LogP contribution in [0.1, 0.15) is 71.6 Å². The van der Waals surface area contributed by atoms with Crippen LogP contribution in [0, 0.1) is 22.7 Å². The van der Waals surface area contributed by atoms with Crippen LogP contribution in [0.5, 0.6) is 0 Å². The quantitative estimate of drug-likeness (QED) is 0.0991. The molecule has 2 fully saturated rings. The molecule has 0 aromatic rings. The second-order valence-corrected chi connectivity index (χ2v) is 14.0. The number of nitrogens with one attached hydrogen (secondary N) is 2. The SMILES string of the molecule is C=CC(=O)OCC(C)(COC(=O)C=C)COC(=O)NC1CCC(CC2CCC(NC(=O)OCC(C)(COC(=O)C=C)COC(=O)C=C)CC2)CC1. The summed E-state index contributed by atoms with van der Waals surface area (Å²) >= 11 is 0. The maximum atomic E-state index is 12.6. The van der Waals surface area contributed by atoms with Crippen molar-refractivity contribution in [3.05, 3.63) is 50.6 Å². The van der Waals surface area contributed by atoms with Crippen molar-refractivity contribution in [3.8, 4) is 0 Å². The van der Waals surface area contributed by atoms with Crippen molar-refractivity contribution in [2.24, 2.45) is 22.7 Å². The lowest BCUT2D eigenvalue weighted by Crippen LogP contribution is -2.42. The fourth-order valence-electron chi connectivity index (χ4n) is 5.92. The summed E-state index contributed by atoms with van der Waals surface area (Å²) in [5, 5.41) is 5.86. The topological polar surface area (TPSA) is 182 Å². The number of rotatable bonds is 20. The van der Waals surface area contributed by atoms with Crippen LogP contribution in [0.15, 0.2) is 50.6 Å². The summed E-state index contributed by atoms with van der Waals surface area (Å²) in [6.45, 7) is 15.9. The second-order valence-electron chi connectivity index (χ2n) is 14.0. The molecule has 2 saturated carbocycles. The Labute approximate surface area is 300 Å². The van der Waals surface area contributed by atoms with E-state index >= 15 is 0 Å². The highest BCUT2D eigenvalue weighted by Crippen LogP contribution is 2.35. The van der Waals surface area contributed by atoms with Gasteiger partial charge in [-0.1, -0.05) is 26.3 Å². The van der Waals surface area contributed by atoms with E-state index in [2.05, 4.69) is 36.9 Å². The summed E-state index contributed by atoms with van der Waals surface area (Å²) in [6, 6.07) is -0.0406. The van der Waals surface area contributed by atoms with Gasteiger partial charge in [0.15, 0.2) is 0 Å². The molecule has 2 N–H and O–H groups in total. The van der Waals surface area contributed by atoms with Gasteiger partial charge in [0.05, 0.1) is 10.8 Å². The molecule has 0 spiro atoms. The van der Waals surface area contributed by atoms with E-state index in [0.717, 1.165) is 82.1 Å². The number of carbonyl (C=O) groups is 6. The standard InChI is InChI=1S/C37H54N2O12/c1-7-30(40)46-20-36(5,21-47-31(41)8-2)24-50-34(44)38-28-15-11-26(12-16-28)19-27-13-17-29(18-14-27)39-35(45)51-25-37(6,22-48-32(42)9-3)23-49-33(43)10-4/h7-10,26-29H,1-4,11-25H2,5-6H3,(H,38,44)(H,39,45). The lowest BCUT2D eigenvalue weighted by molar-refractivity contribution is -0.150. The number of hydrogen-bond donors (Lipinski definition) is 2. The molecule has 2 aliphatic rings. The molecule has 0 heterocycles. The zero-order valence-corrected chi connectivity index (χ0v) is 30.0. The van der Waals surface area contributed by atoms with Gasteiger partial charge in [-0.3, -0.25) is 0 Å². The molecule has 0 unspecified atom stereocenters. The van der Waals surface area contributed by atoms with Gasteiger partial charge in [0.2, 0.25) is 0 Å². The van der Waals surface area contributed by atoms with E-state index in [4.69, 9.17) is 28.4 Å².